The molecule has 0 saturated heterocycles. The van der Waals surface area contributed by atoms with E-state index in [-0.39, 0.29) is 44.0 Å². The molecule has 0 spiro atoms. The van der Waals surface area contributed by atoms with Crippen molar-refractivity contribution in [3.8, 4) is 11.5 Å². The number of carbonyl (C=O) groups is 2. The predicted molar refractivity (Wildman–Crippen MR) is 187 cm³/mol. The molecule has 1 aliphatic carbocycles. The Hall–Kier alpha value is -5.21. The molecule has 278 valence electrons. The summed E-state index contributed by atoms with van der Waals surface area (Å²) in [4.78, 5) is 36.1. The fourth-order valence-corrected chi connectivity index (χ4v) is 6.36. The van der Waals surface area contributed by atoms with Crippen LogP contribution in [-0.4, -0.2) is 63.3 Å². The van der Waals surface area contributed by atoms with Gasteiger partial charge < -0.3 is 19.3 Å². The van der Waals surface area contributed by atoms with Crippen LogP contribution >= 0.6 is 0 Å². The van der Waals surface area contributed by atoms with E-state index in [1.165, 1.54) is 11.0 Å². The molecule has 4 aromatic carbocycles. The molecule has 4 aromatic rings. The molecule has 53 heavy (non-hydrogen) atoms. The van der Waals surface area contributed by atoms with Crippen LogP contribution in [0.15, 0.2) is 91.0 Å². The first-order valence-electron chi connectivity index (χ1n) is 17.3. The van der Waals surface area contributed by atoms with E-state index >= 15 is 0 Å². The van der Waals surface area contributed by atoms with E-state index in [1.54, 1.807) is 18.2 Å². The zero-order chi connectivity index (χ0) is 37.5. The Morgan fingerprint density at radius 2 is 1.62 bits per heavy atom. The summed E-state index contributed by atoms with van der Waals surface area (Å²) in [5, 5.41) is 17.3. The van der Waals surface area contributed by atoms with Crippen molar-refractivity contribution in [2.75, 3.05) is 19.7 Å². The van der Waals surface area contributed by atoms with Gasteiger partial charge in [-0.05, 0) is 84.7 Å². The van der Waals surface area contributed by atoms with Gasteiger partial charge >= 0.3 is 6.09 Å². The highest BCUT2D eigenvalue weighted by Crippen LogP contribution is 2.36. The smallest absolute Gasteiger partial charge is 0.415 e. The Balaban J connectivity index is 1.18. The normalized spacial score (nSPS) is 15.6. The molecular weight excluding hydrogens is 691 g/mol. The van der Waals surface area contributed by atoms with E-state index in [9.17, 15) is 22.8 Å². The number of hydrogen-bond acceptors (Lipinski definition) is 8. The first kappa shape index (κ1) is 37.5. The fraction of sp³-hybridized carbons (Fsp3) is 0.300. The lowest BCUT2D eigenvalue weighted by molar-refractivity contribution is -0.497. The van der Waals surface area contributed by atoms with Crippen molar-refractivity contribution >= 4 is 17.6 Å². The molecule has 1 fully saturated rings. The molecule has 0 bridgehead atoms. The van der Waals surface area contributed by atoms with Crippen molar-refractivity contribution in [2.45, 2.75) is 51.8 Å². The van der Waals surface area contributed by atoms with Gasteiger partial charge in [0.1, 0.15) is 5.75 Å². The number of aryl methyl sites for hydroxylation is 2. The van der Waals surface area contributed by atoms with Gasteiger partial charge in [0.25, 0.3) is 0 Å². The lowest BCUT2D eigenvalue weighted by Gasteiger charge is -2.35. The molecule has 2 N–H and O–H groups in total. The average Bonchev–Trinajstić information content (AvgIpc) is 4.00. The molecule has 2 amide bonds. The van der Waals surface area contributed by atoms with Crippen molar-refractivity contribution in [1.82, 2.24) is 15.2 Å². The summed E-state index contributed by atoms with van der Waals surface area (Å²) in [5.41, 5.74) is 5.18. The first-order valence-corrected chi connectivity index (χ1v) is 17.3. The highest BCUT2D eigenvalue weighted by Gasteiger charge is 2.40. The summed E-state index contributed by atoms with van der Waals surface area (Å²) in [6.45, 7) is 2.53. The number of halogens is 3. The van der Waals surface area contributed by atoms with Gasteiger partial charge in [-0.2, -0.15) is 4.39 Å². The second kappa shape index (κ2) is 17.1. The summed E-state index contributed by atoms with van der Waals surface area (Å²) in [7, 11) is 0. The number of carbonyl (C=O) groups excluding carboxylic acids is 2. The third-order valence-corrected chi connectivity index (χ3v) is 9.17. The van der Waals surface area contributed by atoms with Crippen LogP contribution in [0.4, 0.5) is 18.0 Å². The minimum atomic E-state index is -1.36. The Morgan fingerprint density at radius 3 is 2.36 bits per heavy atom. The van der Waals surface area contributed by atoms with Crippen molar-refractivity contribution < 1.29 is 47.5 Å². The SMILES string of the molecule is Cc1cccc(CN(C(=O)C2CN(C(=O)Oc3cccc(CON(O)O)c3)CC=C2c2ccc(CCCOc3c(F)ccc(F)c3F)cc2)C2CC2)c1. The standard InChI is InChI=1S/C40H40F3N3O7/c1-26-5-2-6-28(21-26)23-45(31-14-15-31)39(47)34-24-44(40(48)53-32-9-3-7-29(22-32)25-52-46(49)50)19-18-33(34)30-12-10-27(11-13-30)8-4-20-51-38-36(42)17-16-35(41)37(38)43/h2-3,5-7,9-13,16-18,21-22,31,34,49-50H,4,8,14-15,19-20,23-25H2,1H3. The Bertz CT molecular complexity index is 1950. The van der Waals surface area contributed by atoms with E-state index in [2.05, 4.69) is 10.9 Å². The monoisotopic (exact) mass is 731 g/mol. The summed E-state index contributed by atoms with van der Waals surface area (Å²) >= 11 is 0. The van der Waals surface area contributed by atoms with Gasteiger partial charge in [-0.15, -0.1) is 0 Å². The maximum absolute atomic E-state index is 14.5. The molecule has 1 atom stereocenters. The molecule has 1 saturated carbocycles. The number of hydrogen-bond donors (Lipinski definition) is 2. The summed E-state index contributed by atoms with van der Waals surface area (Å²) in [5.74, 6) is -4.79. The molecule has 1 aliphatic heterocycles. The molecule has 1 unspecified atom stereocenters. The van der Waals surface area contributed by atoms with Crippen LogP contribution in [0.2, 0.25) is 0 Å². The Labute approximate surface area is 305 Å². The van der Waals surface area contributed by atoms with Gasteiger partial charge in [-0.3, -0.25) is 15.2 Å². The minimum absolute atomic E-state index is 0.0212. The zero-order valence-corrected chi connectivity index (χ0v) is 29.1. The van der Waals surface area contributed by atoms with Crippen LogP contribution in [-0.2, 0) is 29.2 Å². The lowest BCUT2D eigenvalue weighted by Crippen LogP contribution is -2.47. The highest BCUT2D eigenvalue weighted by molar-refractivity contribution is 5.94. The molecule has 0 radical (unpaired) electrons. The third kappa shape index (κ3) is 9.82. The zero-order valence-electron chi connectivity index (χ0n) is 29.1. The van der Waals surface area contributed by atoms with Crippen LogP contribution in [0.5, 0.6) is 11.5 Å². The van der Waals surface area contributed by atoms with Crippen LogP contribution in [0.3, 0.4) is 0 Å². The van der Waals surface area contributed by atoms with Gasteiger partial charge in [0, 0.05) is 25.7 Å². The maximum Gasteiger partial charge on any atom is 0.415 e. The Kier molecular flexibility index (Phi) is 12.1. The highest BCUT2D eigenvalue weighted by atomic mass is 19.2. The number of rotatable bonds is 14. The molecule has 13 heteroatoms. The van der Waals surface area contributed by atoms with Crippen LogP contribution < -0.4 is 9.47 Å². The molecule has 2 aliphatic rings. The molecule has 1 heterocycles. The second-order valence-electron chi connectivity index (χ2n) is 13.2. The third-order valence-electron chi connectivity index (χ3n) is 9.17. The largest absolute Gasteiger partial charge is 0.488 e. The second-order valence-corrected chi connectivity index (χ2v) is 13.2. The van der Waals surface area contributed by atoms with E-state index in [1.807, 2.05) is 60.4 Å². The maximum atomic E-state index is 14.5. The summed E-state index contributed by atoms with van der Waals surface area (Å²) in [6.07, 6.45) is 3.97. The number of nitrogens with zero attached hydrogens (tertiary/aromatic N) is 3. The molecular formula is C40H40F3N3O7. The van der Waals surface area contributed by atoms with Crippen LogP contribution in [0.1, 0.15) is 47.1 Å². The number of ether oxygens (including phenoxy) is 2. The molecule has 10 nitrogen and oxygen atoms in total. The minimum Gasteiger partial charge on any atom is -0.488 e. The van der Waals surface area contributed by atoms with Crippen LogP contribution in [0.25, 0.3) is 5.57 Å². The van der Waals surface area contributed by atoms with Crippen molar-refractivity contribution in [2.24, 2.45) is 5.92 Å². The first-order chi connectivity index (χ1) is 25.5. The van der Waals surface area contributed by atoms with E-state index < -0.39 is 40.6 Å². The number of benzene rings is 4. The van der Waals surface area contributed by atoms with Gasteiger partial charge in [-0.25, -0.2) is 18.4 Å². The van der Waals surface area contributed by atoms with Crippen molar-refractivity contribution in [3.63, 3.8) is 0 Å². The van der Waals surface area contributed by atoms with Crippen LogP contribution in [0, 0.1) is 30.3 Å². The van der Waals surface area contributed by atoms with Gasteiger partial charge in [0.15, 0.2) is 17.4 Å². The predicted octanol–water partition coefficient (Wildman–Crippen LogP) is 7.64. The average molecular weight is 732 g/mol. The van der Waals surface area contributed by atoms with E-state index in [4.69, 9.17) is 19.9 Å². The van der Waals surface area contributed by atoms with Crippen molar-refractivity contribution in [1.29, 1.82) is 0 Å². The lowest BCUT2D eigenvalue weighted by atomic mass is 9.87. The van der Waals surface area contributed by atoms with Crippen molar-refractivity contribution in [3.05, 3.63) is 136 Å². The van der Waals surface area contributed by atoms with Gasteiger partial charge in [-0.1, -0.05) is 72.3 Å². The summed E-state index contributed by atoms with van der Waals surface area (Å²) < 4.78 is 52.3. The van der Waals surface area contributed by atoms with E-state index in [0.29, 0.717) is 31.0 Å². The topological polar surface area (TPSA) is 112 Å². The Morgan fingerprint density at radius 1 is 0.887 bits per heavy atom. The fourth-order valence-electron chi connectivity index (χ4n) is 6.36. The number of amides is 2. The quantitative estimate of drug-likeness (QED) is 0.0774. The summed E-state index contributed by atoms with van der Waals surface area (Å²) in [6, 6.07) is 23.8. The van der Waals surface area contributed by atoms with Gasteiger partial charge in [0.2, 0.25) is 11.7 Å². The molecule has 6 rings (SSSR count). The van der Waals surface area contributed by atoms with Gasteiger partial charge in [0.05, 0.1) is 24.5 Å². The molecule has 0 aromatic heterocycles. The van der Waals surface area contributed by atoms with E-state index in [0.717, 1.165) is 46.7 Å².